The molecule has 6 nitrogen and oxygen atoms in total. The van der Waals surface area contributed by atoms with Gasteiger partial charge in [-0.2, -0.15) is 0 Å². The first-order chi connectivity index (χ1) is 17.1. The predicted octanol–water partition coefficient (Wildman–Crippen LogP) is 4.88. The van der Waals surface area contributed by atoms with Gasteiger partial charge in [0, 0.05) is 30.3 Å². The molecule has 0 fully saturated rings. The van der Waals surface area contributed by atoms with E-state index in [0.29, 0.717) is 12.8 Å². The van der Waals surface area contributed by atoms with Crippen molar-refractivity contribution in [3.63, 3.8) is 0 Å². The summed E-state index contributed by atoms with van der Waals surface area (Å²) in [7, 11) is 0. The van der Waals surface area contributed by atoms with Crippen molar-refractivity contribution in [1.29, 1.82) is 0 Å². The lowest BCUT2D eigenvalue weighted by Gasteiger charge is -2.31. The molecule has 0 saturated carbocycles. The maximum absolute atomic E-state index is 12.5. The summed E-state index contributed by atoms with van der Waals surface area (Å²) >= 11 is 0. The van der Waals surface area contributed by atoms with Gasteiger partial charge in [0.2, 0.25) is 0 Å². The van der Waals surface area contributed by atoms with E-state index < -0.39 is 36.5 Å². The molecule has 4 N–H and O–H groups in total. The van der Waals surface area contributed by atoms with Gasteiger partial charge in [-0.1, -0.05) is 90.0 Å². The van der Waals surface area contributed by atoms with Crippen LogP contribution in [-0.2, 0) is 9.53 Å². The van der Waals surface area contributed by atoms with E-state index in [4.69, 9.17) is 4.74 Å². The van der Waals surface area contributed by atoms with Crippen LogP contribution in [-0.4, -0.2) is 56.9 Å². The van der Waals surface area contributed by atoms with Crippen LogP contribution in [0, 0.1) is 23.7 Å². The largest absolute Gasteiger partial charge is 0.458 e. The molecule has 0 aromatic heterocycles. The van der Waals surface area contributed by atoms with Crippen LogP contribution in [0.25, 0.3) is 0 Å². The second-order valence-electron chi connectivity index (χ2n) is 10.5. The summed E-state index contributed by atoms with van der Waals surface area (Å²) in [4.78, 5) is 12.5. The molecule has 1 aliphatic heterocycles. The van der Waals surface area contributed by atoms with Crippen molar-refractivity contribution in [2.24, 2.45) is 23.7 Å². The highest BCUT2D eigenvalue weighted by Gasteiger charge is 2.30. The number of esters is 1. The summed E-state index contributed by atoms with van der Waals surface area (Å²) in [5.41, 5.74) is 0. The minimum Gasteiger partial charge on any atom is -0.458 e. The van der Waals surface area contributed by atoms with Crippen molar-refractivity contribution >= 4 is 5.97 Å². The molecule has 6 heteroatoms. The molecule has 1 aliphatic rings. The summed E-state index contributed by atoms with van der Waals surface area (Å²) in [6.45, 7) is 9.92. The van der Waals surface area contributed by atoms with Crippen molar-refractivity contribution in [2.75, 3.05) is 0 Å². The number of aliphatic hydroxyl groups excluding tert-OH is 4. The van der Waals surface area contributed by atoms with Crippen molar-refractivity contribution in [2.45, 2.75) is 110 Å². The zero-order valence-electron chi connectivity index (χ0n) is 22.9. The fraction of sp³-hybridized carbons (Fsp3) is 0.700. The Morgan fingerprint density at radius 2 is 1.75 bits per heavy atom. The van der Waals surface area contributed by atoms with Gasteiger partial charge in [0.15, 0.2) is 0 Å². The number of cyclic esters (lactones) is 1. The lowest BCUT2D eigenvalue weighted by atomic mass is 9.85. The van der Waals surface area contributed by atoms with Gasteiger partial charge in [0.1, 0.15) is 6.10 Å². The van der Waals surface area contributed by atoms with Crippen LogP contribution < -0.4 is 0 Å². The molecule has 0 spiro atoms. The number of carbonyl (C=O) groups is 1. The summed E-state index contributed by atoms with van der Waals surface area (Å²) in [6, 6.07) is 0. The van der Waals surface area contributed by atoms with E-state index >= 15 is 0 Å². The molecule has 0 radical (unpaired) electrons. The maximum atomic E-state index is 12.5. The van der Waals surface area contributed by atoms with Gasteiger partial charge in [-0.05, 0) is 31.6 Å². The summed E-state index contributed by atoms with van der Waals surface area (Å²) in [6.07, 6.45) is 15.3. The van der Waals surface area contributed by atoms with E-state index in [9.17, 15) is 25.2 Å². The Kier molecular flexibility index (Phi) is 15.9. The van der Waals surface area contributed by atoms with Gasteiger partial charge in [0.05, 0.1) is 24.4 Å². The molecule has 206 valence electrons. The van der Waals surface area contributed by atoms with Gasteiger partial charge in [0.25, 0.3) is 0 Å². The minimum absolute atomic E-state index is 0.0423. The molecule has 0 amide bonds. The van der Waals surface area contributed by atoms with E-state index in [2.05, 4.69) is 0 Å². The van der Waals surface area contributed by atoms with E-state index in [1.165, 1.54) is 6.08 Å². The number of ether oxygens (including phenoxy) is 1. The fourth-order valence-corrected chi connectivity index (χ4v) is 4.64. The third-order valence-electron chi connectivity index (χ3n) is 7.14. The number of carbonyl (C=O) groups excluding carboxylic acids is 1. The number of rotatable bonds is 3. The van der Waals surface area contributed by atoms with Gasteiger partial charge < -0.3 is 25.2 Å². The quantitative estimate of drug-likeness (QED) is 0.321. The highest BCUT2D eigenvalue weighted by Crippen LogP contribution is 2.26. The Hall–Kier alpha value is -1.73. The predicted molar refractivity (Wildman–Crippen MR) is 145 cm³/mol. The van der Waals surface area contributed by atoms with E-state index in [0.717, 1.165) is 25.7 Å². The molecular weight excluding hydrogens is 456 g/mol. The smallest absolute Gasteiger partial charge is 0.331 e. The van der Waals surface area contributed by atoms with Crippen LogP contribution in [0.4, 0.5) is 0 Å². The van der Waals surface area contributed by atoms with Gasteiger partial charge in [-0.15, -0.1) is 0 Å². The number of hydrogen-bond acceptors (Lipinski definition) is 6. The molecular formula is C30H50O6. The monoisotopic (exact) mass is 506 g/mol. The van der Waals surface area contributed by atoms with Crippen LogP contribution in [0.15, 0.2) is 48.6 Å². The molecule has 0 aromatic carbocycles. The van der Waals surface area contributed by atoms with Crippen molar-refractivity contribution < 1.29 is 30.0 Å². The molecule has 0 saturated heterocycles. The minimum atomic E-state index is -0.800. The SMILES string of the molecule is CC/C=C\[C@H](C)C1OC(=O)/C=C\C=C\C[C@@H](O)C[C@H](O)/C=C\[C@H](C)[C@H](O)[C@@H](C)CCCC[C@@H](O)[C@@H]1C. The number of aliphatic hydroxyl groups is 4. The van der Waals surface area contributed by atoms with Gasteiger partial charge >= 0.3 is 5.97 Å². The Morgan fingerprint density at radius 1 is 1.06 bits per heavy atom. The molecule has 0 bridgehead atoms. The first-order valence-electron chi connectivity index (χ1n) is 13.7. The topological polar surface area (TPSA) is 107 Å². The Morgan fingerprint density at radius 3 is 2.44 bits per heavy atom. The molecule has 9 atom stereocenters. The molecule has 0 aromatic rings. The number of allylic oxidation sites excluding steroid dienone is 3. The van der Waals surface area contributed by atoms with Crippen molar-refractivity contribution in [3.8, 4) is 0 Å². The third-order valence-corrected chi connectivity index (χ3v) is 7.14. The molecule has 1 unspecified atom stereocenters. The fourth-order valence-electron chi connectivity index (χ4n) is 4.64. The first-order valence-corrected chi connectivity index (χ1v) is 13.7. The van der Waals surface area contributed by atoms with E-state index in [1.807, 2.05) is 52.8 Å². The average molecular weight is 507 g/mol. The highest BCUT2D eigenvalue weighted by atomic mass is 16.5. The Balaban J connectivity index is 3.02. The lowest BCUT2D eigenvalue weighted by Crippen LogP contribution is -2.37. The van der Waals surface area contributed by atoms with E-state index in [1.54, 1.807) is 24.3 Å². The first kappa shape index (κ1) is 32.3. The van der Waals surface area contributed by atoms with E-state index in [-0.39, 0.29) is 30.1 Å². The second-order valence-corrected chi connectivity index (χ2v) is 10.5. The zero-order valence-corrected chi connectivity index (χ0v) is 22.9. The Bertz CT molecular complexity index is 727. The second kappa shape index (κ2) is 17.7. The van der Waals surface area contributed by atoms with Gasteiger partial charge in [-0.25, -0.2) is 4.79 Å². The van der Waals surface area contributed by atoms with Crippen LogP contribution in [0.2, 0.25) is 0 Å². The third kappa shape index (κ3) is 12.5. The van der Waals surface area contributed by atoms with Crippen molar-refractivity contribution in [3.05, 3.63) is 48.6 Å². The maximum Gasteiger partial charge on any atom is 0.331 e. The number of hydrogen-bond donors (Lipinski definition) is 4. The molecule has 0 aliphatic carbocycles. The van der Waals surface area contributed by atoms with Crippen LogP contribution in [0.1, 0.15) is 79.6 Å². The highest BCUT2D eigenvalue weighted by molar-refractivity contribution is 5.82. The normalized spacial score (nSPS) is 38.3. The zero-order chi connectivity index (χ0) is 27.1. The van der Waals surface area contributed by atoms with Gasteiger partial charge in [-0.3, -0.25) is 0 Å². The lowest BCUT2D eigenvalue weighted by molar-refractivity contribution is -0.150. The standard InChI is InChI=1S/C30H50O6/c1-6-7-13-23(4)30-24(5)27(33)16-12-11-14-21(2)29(35)22(3)18-19-26(32)20-25(31)15-9-8-10-17-28(34)36-30/h7-10,13,17-19,21-27,29-33,35H,6,11-12,14-16,20H2,1-5H3/b9-8+,13-7-,17-10-,19-18-/t21-,22-,23-,24-,25+,26+,27+,29+,30?/m0/s1. The molecule has 1 heterocycles. The summed E-state index contributed by atoms with van der Waals surface area (Å²) in [5.74, 6) is -0.792. The Labute approximate surface area is 218 Å². The van der Waals surface area contributed by atoms with Crippen LogP contribution in [0.3, 0.4) is 0 Å². The van der Waals surface area contributed by atoms with Crippen LogP contribution >= 0.6 is 0 Å². The summed E-state index contributed by atoms with van der Waals surface area (Å²) < 4.78 is 5.79. The average Bonchev–Trinajstić information content (AvgIpc) is 2.84. The molecule has 1 rings (SSSR count). The van der Waals surface area contributed by atoms with Crippen molar-refractivity contribution in [1.82, 2.24) is 0 Å². The summed E-state index contributed by atoms with van der Waals surface area (Å²) in [5, 5.41) is 42.0. The van der Waals surface area contributed by atoms with Crippen LogP contribution in [0.5, 0.6) is 0 Å². The molecule has 36 heavy (non-hydrogen) atoms.